The van der Waals surface area contributed by atoms with Crippen LogP contribution in [0.15, 0.2) is 24.3 Å². The lowest BCUT2D eigenvalue weighted by atomic mass is 9.98. The number of hydrogen-bond donors (Lipinski definition) is 1. The van der Waals surface area contributed by atoms with Gasteiger partial charge in [-0.15, -0.1) is 5.10 Å². The van der Waals surface area contributed by atoms with E-state index in [0.29, 0.717) is 17.0 Å². The molecule has 2 saturated heterocycles. The van der Waals surface area contributed by atoms with Gasteiger partial charge in [0.2, 0.25) is 0 Å². The molecule has 1 aromatic heterocycles. The maximum atomic E-state index is 13.0. The zero-order valence-electron chi connectivity index (χ0n) is 15.6. The number of alkyl halides is 3. The molecule has 0 spiro atoms. The molecule has 4 rings (SSSR count). The number of carbonyl (C=O) groups is 3. The predicted molar refractivity (Wildman–Crippen MR) is 100.0 cm³/mol. The van der Waals surface area contributed by atoms with Gasteiger partial charge in [0, 0.05) is 12.6 Å². The topological polar surface area (TPSA) is 95.5 Å². The van der Waals surface area contributed by atoms with E-state index in [0.717, 1.165) is 34.6 Å². The first-order valence-electron chi connectivity index (χ1n) is 9.08. The second-order valence-corrected chi connectivity index (χ2v) is 7.85. The third-order valence-electron chi connectivity index (χ3n) is 5.17. The highest BCUT2D eigenvalue weighted by Crippen LogP contribution is 2.35. The van der Waals surface area contributed by atoms with Gasteiger partial charge < -0.3 is 10.2 Å². The minimum Gasteiger partial charge on any atom is -0.348 e. The third kappa shape index (κ3) is 3.51. The number of carbonyl (C=O) groups excluding carboxylic acids is 3. The van der Waals surface area contributed by atoms with Gasteiger partial charge >= 0.3 is 12.2 Å². The molecule has 0 bridgehead atoms. The molecule has 4 amide bonds. The molecule has 0 radical (unpaired) electrons. The van der Waals surface area contributed by atoms with E-state index in [1.807, 2.05) is 0 Å². The van der Waals surface area contributed by atoms with Crippen molar-refractivity contribution < 1.29 is 27.6 Å². The maximum Gasteiger partial charge on any atom is 0.416 e. The van der Waals surface area contributed by atoms with Crippen LogP contribution >= 0.6 is 11.5 Å². The molecule has 2 fully saturated rings. The molecule has 12 heteroatoms. The Morgan fingerprint density at radius 3 is 2.73 bits per heavy atom. The van der Waals surface area contributed by atoms with Crippen molar-refractivity contribution in [3.8, 4) is 0 Å². The highest BCUT2D eigenvalue weighted by Gasteiger charge is 2.49. The van der Waals surface area contributed by atoms with Gasteiger partial charge in [0.05, 0.1) is 16.9 Å². The summed E-state index contributed by atoms with van der Waals surface area (Å²) in [5, 5.41) is 6.62. The van der Waals surface area contributed by atoms with Crippen LogP contribution in [0.5, 0.6) is 0 Å². The number of hydrogen-bond acceptors (Lipinski definition) is 6. The number of rotatable bonds is 3. The van der Waals surface area contributed by atoms with E-state index in [-0.39, 0.29) is 30.6 Å². The van der Waals surface area contributed by atoms with Crippen LogP contribution in [0.25, 0.3) is 0 Å². The number of aryl methyl sites for hydroxylation is 1. The summed E-state index contributed by atoms with van der Waals surface area (Å²) in [5.41, 5.74) is -0.567. The molecule has 1 aromatic carbocycles. The smallest absolute Gasteiger partial charge is 0.348 e. The predicted octanol–water partition coefficient (Wildman–Crippen LogP) is 2.59. The zero-order chi connectivity index (χ0) is 21.6. The largest absolute Gasteiger partial charge is 0.416 e. The summed E-state index contributed by atoms with van der Waals surface area (Å²) in [4.78, 5) is 40.5. The van der Waals surface area contributed by atoms with E-state index in [1.54, 1.807) is 6.92 Å². The van der Waals surface area contributed by atoms with Crippen LogP contribution in [-0.2, 0) is 11.0 Å². The average molecular weight is 439 g/mol. The second kappa shape index (κ2) is 7.35. The van der Waals surface area contributed by atoms with Crippen LogP contribution in [0.4, 0.5) is 23.7 Å². The summed E-state index contributed by atoms with van der Waals surface area (Å²) in [6.07, 6.45) is -3.99. The fraction of sp³-hybridized carbons (Fsp3) is 0.389. The van der Waals surface area contributed by atoms with Crippen molar-refractivity contribution in [2.24, 2.45) is 0 Å². The van der Waals surface area contributed by atoms with E-state index < -0.39 is 29.7 Å². The molecule has 158 valence electrons. The average Bonchev–Trinajstić information content (AvgIpc) is 3.23. The van der Waals surface area contributed by atoms with Gasteiger partial charge in [-0.25, -0.2) is 9.69 Å². The van der Waals surface area contributed by atoms with Gasteiger partial charge in [-0.05, 0) is 49.5 Å². The lowest BCUT2D eigenvalue weighted by molar-refractivity contribution is -0.137. The van der Waals surface area contributed by atoms with Crippen LogP contribution in [-0.4, -0.2) is 51.0 Å². The van der Waals surface area contributed by atoms with Gasteiger partial charge in [0.25, 0.3) is 11.8 Å². The number of urea groups is 1. The van der Waals surface area contributed by atoms with Crippen molar-refractivity contribution >= 4 is 35.1 Å². The van der Waals surface area contributed by atoms with Crippen molar-refractivity contribution in [2.75, 3.05) is 11.4 Å². The Kier molecular flexibility index (Phi) is 4.96. The van der Waals surface area contributed by atoms with Gasteiger partial charge in [0.1, 0.15) is 10.9 Å². The molecule has 0 saturated carbocycles. The number of anilines is 1. The number of nitrogens with one attached hydrogen (secondary N) is 1. The van der Waals surface area contributed by atoms with Crippen molar-refractivity contribution in [1.82, 2.24) is 19.8 Å². The molecule has 0 aliphatic carbocycles. The zero-order valence-corrected chi connectivity index (χ0v) is 16.5. The van der Waals surface area contributed by atoms with Crippen LogP contribution in [0.3, 0.4) is 0 Å². The Bertz CT molecular complexity index is 1020. The lowest BCUT2D eigenvalue weighted by Gasteiger charge is -2.32. The molecule has 2 atom stereocenters. The standard InChI is InChI=1S/C18H16F3N5O3S/c1-9-14(30-24-23-9)15(27)22-11-5-6-25-13(8-11)16(28)26(17(25)29)12-4-2-3-10(7-12)18(19,20)21/h2-4,7,11,13H,5-6,8H2,1H3,(H,22,27). The number of benzene rings is 1. The normalized spacial score (nSPS) is 21.7. The fourth-order valence-electron chi connectivity index (χ4n) is 3.68. The monoisotopic (exact) mass is 439 g/mol. The second-order valence-electron chi connectivity index (χ2n) is 7.10. The van der Waals surface area contributed by atoms with E-state index >= 15 is 0 Å². The van der Waals surface area contributed by atoms with Gasteiger partial charge in [0.15, 0.2) is 0 Å². The van der Waals surface area contributed by atoms with Crippen molar-refractivity contribution in [1.29, 1.82) is 0 Å². The molecule has 30 heavy (non-hydrogen) atoms. The maximum absolute atomic E-state index is 13.0. The minimum absolute atomic E-state index is 0.124. The van der Waals surface area contributed by atoms with Crippen molar-refractivity contribution in [2.45, 2.75) is 38.0 Å². The van der Waals surface area contributed by atoms with Crippen LogP contribution in [0.2, 0.25) is 0 Å². The summed E-state index contributed by atoms with van der Waals surface area (Å²) < 4.78 is 42.8. The molecular weight excluding hydrogens is 423 g/mol. The Balaban J connectivity index is 1.51. The van der Waals surface area contributed by atoms with E-state index in [2.05, 4.69) is 14.9 Å². The summed E-state index contributed by atoms with van der Waals surface area (Å²) >= 11 is 0.963. The van der Waals surface area contributed by atoms with Crippen LogP contribution < -0.4 is 10.2 Å². The minimum atomic E-state index is -4.59. The molecule has 2 unspecified atom stereocenters. The summed E-state index contributed by atoms with van der Waals surface area (Å²) in [5.74, 6) is -0.957. The number of amides is 4. The number of fused-ring (bicyclic) bond motifs is 1. The molecule has 3 heterocycles. The molecule has 2 aromatic rings. The van der Waals surface area contributed by atoms with E-state index in [1.165, 1.54) is 11.0 Å². The van der Waals surface area contributed by atoms with Crippen LogP contribution in [0, 0.1) is 6.92 Å². The third-order valence-corrected chi connectivity index (χ3v) is 6.00. The number of aromatic nitrogens is 2. The molecule has 1 N–H and O–H groups in total. The van der Waals surface area contributed by atoms with Gasteiger partial charge in [-0.1, -0.05) is 10.6 Å². The summed E-state index contributed by atoms with van der Waals surface area (Å²) in [6.45, 7) is 1.86. The molecule has 2 aliphatic rings. The van der Waals surface area contributed by atoms with Gasteiger partial charge in [-0.2, -0.15) is 13.2 Å². The number of imide groups is 1. The molecular formula is C18H16F3N5O3S. The lowest BCUT2D eigenvalue weighted by Crippen LogP contribution is -2.49. The molecule has 2 aliphatic heterocycles. The number of piperidine rings is 1. The quantitative estimate of drug-likeness (QED) is 0.742. The summed E-state index contributed by atoms with van der Waals surface area (Å²) in [7, 11) is 0. The highest BCUT2D eigenvalue weighted by molar-refractivity contribution is 7.08. The van der Waals surface area contributed by atoms with Gasteiger partial charge in [-0.3, -0.25) is 9.59 Å². The first-order valence-corrected chi connectivity index (χ1v) is 9.86. The van der Waals surface area contributed by atoms with Crippen molar-refractivity contribution in [3.63, 3.8) is 0 Å². The fourth-order valence-corrected chi connectivity index (χ4v) is 4.24. The summed E-state index contributed by atoms with van der Waals surface area (Å²) in [6, 6.07) is 2.26. The Morgan fingerprint density at radius 2 is 2.07 bits per heavy atom. The number of halogens is 3. The van der Waals surface area contributed by atoms with Crippen LogP contribution in [0.1, 0.15) is 33.8 Å². The SMILES string of the molecule is Cc1nnsc1C(=O)NC1CCN2C(=O)N(c3cccc(C(F)(F)F)c3)C(=O)C2C1. The Labute approximate surface area is 172 Å². The van der Waals surface area contributed by atoms with Crippen molar-refractivity contribution in [3.05, 3.63) is 40.4 Å². The Morgan fingerprint density at radius 1 is 1.30 bits per heavy atom. The van der Waals surface area contributed by atoms with E-state index in [9.17, 15) is 27.6 Å². The first kappa shape index (κ1) is 20.3. The highest BCUT2D eigenvalue weighted by atomic mass is 32.1. The number of nitrogens with zero attached hydrogens (tertiary/aromatic N) is 4. The first-order chi connectivity index (χ1) is 14.2. The van der Waals surface area contributed by atoms with E-state index in [4.69, 9.17) is 0 Å². The Hall–Kier alpha value is -3.02. The molecule has 8 nitrogen and oxygen atoms in total.